The molecule has 1 aromatic heterocycles. The van der Waals surface area contributed by atoms with Crippen LogP contribution in [0.3, 0.4) is 0 Å². The van der Waals surface area contributed by atoms with Gasteiger partial charge in [0.25, 0.3) is 0 Å². The van der Waals surface area contributed by atoms with Crippen molar-refractivity contribution in [1.29, 1.82) is 0 Å². The van der Waals surface area contributed by atoms with E-state index in [4.69, 9.17) is 4.74 Å². The van der Waals surface area contributed by atoms with E-state index < -0.39 is 5.60 Å². The minimum absolute atomic E-state index is 0.0796. The fraction of sp³-hybridized carbons (Fsp3) is 0.692. The molecule has 0 bridgehead atoms. The van der Waals surface area contributed by atoms with Gasteiger partial charge in [0.1, 0.15) is 0 Å². The molecule has 0 aliphatic carbocycles. The van der Waals surface area contributed by atoms with Crippen LogP contribution in [0.25, 0.3) is 0 Å². The second kappa shape index (κ2) is 6.54. The van der Waals surface area contributed by atoms with Gasteiger partial charge in [-0.15, -0.1) is 0 Å². The smallest absolute Gasteiger partial charge is 0.226 e. The molecule has 0 spiro atoms. The van der Waals surface area contributed by atoms with Gasteiger partial charge < -0.3 is 15.2 Å². The molecule has 1 heterocycles. The lowest BCUT2D eigenvalue weighted by molar-refractivity contribution is 0.0455. The zero-order valence-electron chi connectivity index (χ0n) is 11.6. The molecule has 5 nitrogen and oxygen atoms in total. The standard InChI is InChI=1S/C13H23N3O2/c1-5-13(17,6-2)9-15-12-14-8-7-11(16-12)18-10(3)4/h7-8,10,17H,5-6,9H2,1-4H3,(H,14,15,16). The predicted molar refractivity (Wildman–Crippen MR) is 71.8 cm³/mol. The molecule has 0 aromatic carbocycles. The molecule has 0 aliphatic rings. The molecule has 102 valence electrons. The van der Waals surface area contributed by atoms with Crippen molar-refractivity contribution in [3.63, 3.8) is 0 Å². The molecule has 1 rings (SSSR count). The third kappa shape index (κ3) is 4.49. The van der Waals surface area contributed by atoms with Crippen LogP contribution in [0.1, 0.15) is 40.5 Å². The molecule has 0 saturated carbocycles. The van der Waals surface area contributed by atoms with Gasteiger partial charge in [-0.05, 0) is 26.7 Å². The number of aliphatic hydroxyl groups is 1. The quantitative estimate of drug-likeness (QED) is 0.780. The maximum Gasteiger partial charge on any atom is 0.226 e. The molecule has 1 aromatic rings. The van der Waals surface area contributed by atoms with E-state index in [1.807, 2.05) is 27.7 Å². The van der Waals surface area contributed by atoms with Crippen LogP contribution in [0.2, 0.25) is 0 Å². The van der Waals surface area contributed by atoms with Crippen molar-refractivity contribution >= 4 is 5.95 Å². The van der Waals surface area contributed by atoms with Gasteiger partial charge in [-0.25, -0.2) is 4.98 Å². The summed E-state index contributed by atoms with van der Waals surface area (Å²) in [6.07, 6.45) is 3.11. The second-order valence-electron chi connectivity index (χ2n) is 4.67. The monoisotopic (exact) mass is 253 g/mol. The summed E-state index contributed by atoms with van der Waals surface area (Å²) in [5.74, 6) is 1.02. The Hall–Kier alpha value is -1.36. The van der Waals surface area contributed by atoms with Crippen molar-refractivity contribution in [3.8, 4) is 5.88 Å². The van der Waals surface area contributed by atoms with Gasteiger partial charge in [-0.2, -0.15) is 4.98 Å². The Kier molecular flexibility index (Phi) is 5.34. The van der Waals surface area contributed by atoms with Crippen molar-refractivity contribution < 1.29 is 9.84 Å². The zero-order chi connectivity index (χ0) is 13.6. The van der Waals surface area contributed by atoms with Gasteiger partial charge in [0.05, 0.1) is 11.7 Å². The van der Waals surface area contributed by atoms with E-state index in [2.05, 4.69) is 15.3 Å². The number of rotatable bonds is 7. The van der Waals surface area contributed by atoms with Crippen molar-refractivity contribution in [3.05, 3.63) is 12.3 Å². The van der Waals surface area contributed by atoms with E-state index in [0.717, 1.165) is 0 Å². The van der Waals surface area contributed by atoms with Crippen LogP contribution in [0.4, 0.5) is 5.95 Å². The largest absolute Gasteiger partial charge is 0.475 e. The summed E-state index contributed by atoms with van der Waals surface area (Å²) in [4.78, 5) is 8.33. The maximum absolute atomic E-state index is 10.2. The Morgan fingerprint density at radius 1 is 1.39 bits per heavy atom. The summed E-state index contributed by atoms with van der Waals surface area (Å²) in [7, 11) is 0. The first-order valence-electron chi connectivity index (χ1n) is 6.45. The summed E-state index contributed by atoms with van der Waals surface area (Å²) in [5.41, 5.74) is -0.710. The van der Waals surface area contributed by atoms with Gasteiger partial charge in [0, 0.05) is 18.8 Å². The molecule has 0 amide bonds. The number of anilines is 1. The Balaban J connectivity index is 2.62. The molecule has 2 N–H and O–H groups in total. The van der Waals surface area contributed by atoms with Crippen molar-refractivity contribution in [1.82, 2.24) is 9.97 Å². The lowest BCUT2D eigenvalue weighted by Gasteiger charge is -2.25. The number of nitrogens with zero attached hydrogens (tertiary/aromatic N) is 2. The topological polar surface area (TPSA) is 67.3 Å². The van der Waals surface area contributed by atoms with Gasteiger partial charge in [0.2, 0.25) is 11.8 Å². The first kappa shape index (κ1) is 14.7. The van der Waals surface area contributed by atoms with E-state index in [0.29, 0.717) is 31.2 Å². The molecule has 0 unspecified atom stereocenters. The van der Waals surface area contributed by atoms with Gasteiger partial charge in [-0.1, -0.05) is 13.8 Å². The second-order valence-corrected chi connectivity index (χ2v) is 4.67. The lowest BCUT2D eigenvalue weighted by Crippen LogP contribution is -2.35. The van der Waals surface area contributed by atoms with Crippen molar-refractivity contribution in [2.75, 3.05) is 11.9 Å². The molecular formula is C13H23N3O2. The number of aromatic nitrogens is 2. The van der Waals surface area contributed by atoms with Crippen molar-refractivity contribution in [2.24, 2.45) is 0 Å². The van der Waals surface area contributed by atoms with E-state index in [-0.39, 0.29) is 6.10 Å². The lowest BCUT2D eigenvalue weighted by atomic mass is 9.98. The number of nitrogens with one attached hydrogen (secondary N) is 1. The van der Waals surface area contributed by atoms with E-state index in [9.17, 15) is 5.11 Å². The van der Waals surface area contributed by atoms with Crippen LogP contribution >= 0.6 is 0 Å². The first-order valence-corrected chi connectivity index (χ1v) is 6.45. The Labute approximate surface area is 109 Å². The minimum atomic E-state index is -0.710. The highest BCUT2D eigenvalue weighted by atomic mass is 16.5. The first-order chi connectivity index (χ1) is 8.49. The fourth-order valence-electron chi connectivity index (χ4n) is 1.48. The van der Waals surface area contributed by atoms with Crippen LogP contribution < -0.4 is 10.1 Å². The highest BCUT2D eigenvalue weighted by Gasteiger charge is 2.22. The van der Waals surface area contributed by atoms with Gasteiger partial charge >= 0.3 is 0 Å². The van der Waals surface area contributed by atoms with Gasteiger partial charge in [0.15, 0.2) is 0 Å². The normalized spacial score (nSPS) is 11.7. The minimum Gasteiger partial charge on any atom is -0.475 e. The fourth-order valence-corrected chi connectivity index (χ4v) is 1.48. The SMILES string of the molecule is CCC(O)(CC)CNc1nccc(OC(C)C)n1. The van der Waals surface area contributed by atoms with E-state index in [1.165, 1.54) is 0 Å². The van der Waals surface area contributed by atoms with Crippen LogP contribution in [-0.4, -0.2) is 33.3 Å². The molecule has 0 saturated heterocycles. The van der Waals surface area contributed by atoms with Crippen LogP contribution in [0, 0.1) is 0 Å². The van der Waals surface area contributed by atoms with Crippen LogP contribution in [0.5, 0.6) is 5.88 Å². The maximum atomic E-state index is 10.2. The molecule has 0 radical (unpaired) electrons. The molecule has 0 aliphatic heterocycles. The molecule has 18 heavy (non-hydrogen) atoms. The van der Waals surface area contributed by atoms with E-state index in [1.54, 1.807) is 12.3 Å². The summed E-state index contributed by atoms with van der Waals surface area (Å²) < 4.78 is 5.49. The average Bonchev–Trinajstić information content (AvgIpc) is 2.36. The Morgan fingerprint density at radius 3 is 2.61 bits per heavy atom. The molecule has 0 fully saturated rings. The Morgan fingerprint density at radius 2 is 2.06 bits per heavy atom. The Bertz CT molecular complexity index is 365. The van der Waals surface area contributed by atoms with Crippen LogP contribution in [-0.2, 0) is 0 Å². The highest BCUT2D eigenvalue weighted by Crippen LogP contribution is 2.16. The molecule has 5 heteroatoms. The summed E-state index contributed by atoms with van der Waals surface area (Å²) >= 11 is 0. The van der Waals surface area contributed by atoms with Gasteiger partial charge in [-0.3, -0.25) is 0 Å². The third-order valence-electron chi connectivity index (χ3n) is 2.88. The summed E-state index contributed by atoms with van der Waals surface area (Å²) in [5, 5.41) is 13.2. The van der Waals surface area contributed by atoms with Crippen LogP contribution in [0.15, 0.2) is 12.3 Å². The predicted octanol–water partition coefficient (Wildman–Crippen LogP) is 2.23. The average molecular weight is 253 g/mol. The number of hydrogen-bond acceptors (Lipinski definition) is 5. The number of hydrogen-bond donors (Lipinski definition) is 2. The van der Waals surface area contributed by atoms with Crippen molar-refractivity contribution in [2.45, 2.75) is 52.2 Å². The highest BCUT2D eigenvalue weighted by molar-refractivity contribution is 5.28. The third-order valence-corrected chi connectivity index (χ3v) is 2.88. The molecular weight excluding hydrogens is 230 g/mol. The number of ether oxygens (including phenoxy) is 1. The van der Waals surface area contributed by atoms with E-state index >= 15 is 0 Å². The molecule has 0 atom stereocenters. The zero-order valence-corrected chi connectivity index (χ0v) is 11.6. The summed E-state index contributed by atoms with van der Waals surface area (Å²) in [6, 6.07) is 1.72. The summed E-state index contributed by atoms with van der Waals surface area (Å²) in [6.45, 7) is 8.25.